The van der Waals surface area contributed by atoms with Gasteiger partial charge in [-0.05, 0) is 65.0 Å². The van der Waals surface area contributed by atoms with Crippen LogP contribution in [0, 0.1) is 0 Å². The highest BCUT2D eigenvalue weighted by Crippen LogP contribution is 2.45. The highest BCUT2D eigenvalue weighted by Gasteiger charge is 2.35. The van der Waals surface area contributed by atoms with E-state index in [1.54, 1.807) is 11.9 Å². The van der Waals surface area contributed by atoms with Crippen molar-refractivity contribution in [1.29, 1.82) is 0 Å². The Hall–Kier alpha value is -1.96. The summed E-state index contributed by atoms with van der Waals surface area (Å²) < 4.78 is 10.1. The Morgan fingerprint density at radius 1 is 1.33 bits per heavy atom. The molecule has 0 amide bonds. The molecule has 2 aromatic carbocycles. The number of halogens is 1. The van der Waals surface area contributed by atoms with Crippen LogP contribution < -0.4 is 14.4 Å². The summed E-state index contributed by atoms with van der Waals surface area (Å²) in [6, 6.07) is 14.4. The van der Waals surface area contributed by atoms with Crippen molar-refractivity contribution < 1.29 is 14.6 Å². The number of unbranched alkanes of at least 4 members (excludes halogenated alkanes) is 1. The summed E-state index contributed by atoms with van der Waals surface area (Å²) in [4.78, 5) is 14.1. The quantitative estimate of drug-likeness (QED) is 0.249. The minimum atomic E-state index is -1.05. The molecule has 160 valence electrons. The van der Waals surface area contributed by atoms with E-state index in [0.29, 0.717) is 5.75 Å². The van der Waals surface area contributed by atoms with Crippen LogP contribution in [-0.2, 0) is 4.79 Å². The Bertz CT molecular complexity index is 907. The number of carbonyl (C=O) groups is 1. The fourth-order valence-corrected chi connectivity index (χ4v) is 5.00. The van der Waals surface area contributed by atoms with Crippen molar-refractivity contribution in [3.8, 4) is 5.75 Å². The molecule has 0 saturated heterocycles. The van der Waals surface area contributed by atoms with Gasteiger partial charge in [-0.3, -0.25) is 4.72 Å². The zero-order chi connectivity index (χ0) is 21.6. The number of hydrogen-bond donors (Lipinski definition) is 2. The average molecular weight is 491 g/mol. The van der Waals surface area contributed by atoms with Crippen LogP contribution >= 0.6 is 27.9 Å². The first-order chi connectivity index (χ1) is 14.5. The molecule has 0 fully saturated rings. The van der Waals surface area contributed by atoms with Crippen LogP contribution in [0.2, 0.25) is 0 Å². The molecule has 30 heavy (non-hydrogen) atoms. The van der Waals surface area contributed by atoms with Crippen molar-refractivity contribution in [2.45, 2.75) is 50.0 Å². The molecule has 0 spiro atoms. The second-order valence-electron chi connectivity index (χ2n) is 7.37. The zero-order valence-corrected chi connectivity index (χ0v) is 19.6. The molecule has 7 heteroatoms. The van der Waals surface area contributed by atoms with Gasteiger partial charge >= 0.3 is 5.97 Å². The second kappa shape index (κ2) is 10.4. The standard InChI is InChI=1S/C23H27BrN2O3S/c1-3-5-12-23(4-2)16-26(17-9-7-6-8-10-17)19-14-18(24)20(15-21(19)30-25-23)29-13-11-22(27)28/h6-11,13-15,25H,3-5,12,16H2,1-2H3,(H,27,28)/b13-11+. The highest BCUT2D eigenvalue weighted by molar-refractivity contribution is 9.10. The van der Waals surface area contributed by atoms with Crippen LogP contribution in [-0.4, -0.2) is 23.2 Å². The van der Waals surface area contributed by atoms with Crippen molar-refractivity contribution in [3.63, 3.8) is 0 Å². The number of fused-ring (bicyclic) bond motifs is 1. The molecule has 2 N–H and O–H groups in total. The van der Waals surface area contributed by atoms with Crippen LogP contribution in [0.1, 0.15) is 39.5 Å². The number of aliphatic carboxylic acids is 1. The van der Waals surface area contributed by atoms with Crippen LogP contribution in [0.5, 0.6) is 5.75 Å². The van der Waals surface area contributed by atoms with Crippen molar-refractivity contribution >= 4 is 45.2 Å². The topological polar surface area (TPSA) is 61.8 Å². The van der Waals surface area contributed by atoms with Crippen LogP contribution in [0.3, 0.4) is 0 Å². The number of carboxylic acids is 1. The van der Waals surface area contributed by atoms with E-state index in [1.807, 2.05) is 18.2 Å². The van der Waals surface area contributed by atoms with E-state index in [0.717, 1.165) is 52.6 Å². The second-order valence-corrected chi connectivity index (χ2v) is 9.07. The van der Waals surface area contributed by atoms with E-state index < -0.39 is 5.97 Å². The lowest BCUT2D eigenvalue weighted by molar-refractivity contribution is -0.131. The van der Waals surface area contributed by atoms with Gasteiger partial charge < -0.3 is 14.7 Å². The summed E-state index contributed by atoms with van der Waals surface area (Å²) in [5, 5.41) is 8.81. The SMILES string of the molecule is CCCCC1(CC)CN(c2ccccc2)c2cc(Br)c(O/C=C/C(=O)O)cc2SN1. The van der Waals surface area contributed by atoms with Gasteiger partial charge in [-0.2, -0.15) is 0 Å². The lowest BCUT2D eigenvalue weighted by Crippen LogP contribution is -2.48. The number of hydrogen-bond acceptors (Lipinski definition) is 5. The van der Waals surface area contributed by atoms with E-state index in [1.165, 1.54) is 12.7 Å². The molecule has 1 atom stereocenters. The van der Waals surface area contributed by atoms with Crippen molar-refractivity contribution in [1.82, 2.24) is 4.72 Å². The molecule has 1 aliphatic rings. The Morgan fingerprint density at radius 2 is 2.10 bits per heavy atom. The number of nitrogens with one attached hydrogen (secondary N) is 1. The summed E-state index contributed by atoms with van der Waals surface area (Å²) in [6.45, 7) is 5.32. The number of carboxylic acid groups (broad SMARTS) is 1. The summed E-state index contributed by atoms with van der Waals surface area (Å²) in [5.74, 6) is -0.470. The van der Waals surface area contributed by atoms with Crippen molar-refractivity contribution in [3.05, 3.63) is 59.3 Å². The van der Waals surface area contributed by atoms with Gasteiger partial charge in [0.2, 0.25) is 0 Å². The normalized spacial score (nSPS) is 18.8. The summed E-state index contributed by atoms with van der Waals surface area (Å²) in [5.41, 5.74) is 2.21. The van der Waals surface area contributed by atoms with Crippen LogP contribution in [0.15, 0.2) is 64.2 Å². The molecular formula is C23H27BrN2O3S. The maximum absolute atomic E-state index is 10.7. The largest absolute Gasteiger partial charge is 0.478 e. The van der Waals surface area contributed by atoms with Gasteiger partial charge in [0.05, 0.1) is 27.4 Å². The van der Waals surface area contributed by atoms with E-state index in [9.17, 15) is 4.79 Å². The minimum absolute atomic E-state index is 0.0216. The maximum atomic E-state index is 10.7. The minimum Gasteiger partial charge on any atom is -0.478 e. The number of nitrogens with zero attached hydrogens (tertiary/aromatic N) is 1. The fraction of sp³-hybridized carbons (Fsp3) is 0.348. The average Bonchev–Trinajstić information content (AvgIpc) is 2.90. The molecule has 3 rings (SSSR count). The first-order valence-electron chi connectivity index (χ1n) is 10.1. The van der Waals surface area contributed by atoms with Gasteiger partial charge in [0, 0.05) is 17.8 Å². The van der Waals surface area contributed by atoms with Crippen LogP contribution in [0.25, 0.3) is 0 Å². The van der Waals surface area contributed by atoms with Gasteiger partial charge in [-0.15, -0.1) is 0 Å². The zero-order valence-electron chi connectivity index (χ0n) is 17.2. The molecular weight excluding hydrogens is 464 g/mol. The molecule has 1 aliphatic heterocycles. The molecule has 0 radical (unpaired) electrons. The smallest absolute Gasteiger partial charge is 0.331 e. The Kier molecular flexibility index (Phi) is 7.86. The highest BCUT2D eigenvalue weighted by atomic mass is 79.9. The lowest BCUT2D eigenvalue weighted by Gasteiger charge is -2.37. The molecule has 1 unspecified atom stereocenters. The summed E-state index contributed by atoms with van der Waals surface area (Å²) in [6.07, 6.45) is 6.60. The van der Waals surface area contributed by atoms with Gasteiger partial charge in [0.1, 0.15) is 5.75 Å². The van der Waals surface area contributed by atoms with E-state index in [4.69, 9.17) is 9.84 Å². The summed E-state index contributed by atoms with van der Waals surface area (Å²) >= 11 is 5.21. The Balaban J connectivity index is 2.03. The third kappa shape index (κ3) is 5.39. The molecule has 2 aromatic rings. The number of anilines is 2. The Morgan fingerprint density at radius 3 is 2.77 bits per heavy atom. The molecule has 5 nitrogen and oxygen atoms in total. The summed E-state index contributed by atoms with van der Waals surface area (Å²) in [7, 11) is 0. The first kappa shape index (κ1) is 22.7. The Labute approximate surface area is 190 Å². The molecule has 0 aromatic heterocycles. The number of benzene rings is 2. The third-order valence-corrected chi connectivity index (χ3v) is 7.00. The molecule has 0 aliphatic carbocycles. The predicted octanol–water partition coefficient (Wildman–Crippen LogP) is 6.51. The van der Waals surface area contributed by atoms with E-state index in [-0.39, 0.29) is 5.54 Å². The molecule has 0 saturated carbocycles. The van der Waals surface area contributed by atoms with Gasteiger partial charge in [-0.25, -0.2) is 4.79 Å². The fourth-order valence-electron chi connectivity index (χ4n) is 3.50. The first-order valence-corrected chi connectivity index (χ1v) is 11.7. The van der Waals surface area contributed by atoms with Crippen molar-refractivity contribution in [2.24, 2.45) is 0 Å². The van der Waals surface area contributed by atoms with Gasteiger partial charge in [0.25, 0.3) is 0 Å². The van der Waals surface area contributed by atoms with E-state index >= 15 is 0 Å². The monoisotopic (exact) mass is 490 g/mol. The van der Waals surface area contributed by atoms with Crippen molar-refractivity contribution in [2.75, 3.05) is 11.4 Å². The van der Waals surface area contributed by atoms with Gasteiger partial charge in [-0.1, -0.05) is 44.9 Å². The molecule has 0 bridgehead atoms. The molecule has 1 heterocycles. The van der Waals surface area contributed by atoms with Gasteiger partial charge in [0.15, 0.2) is 0 Å². The third-order valence-electron chi connectivity index (χ3n) is 5.30. The maximum Gasteiger partial charge on any atom is 0.331 e. The number of ether oxygens (including phenoxy) is 1. The van der Waals surface area contributed by atoms with E-state index in [2.05, 4.69) is 63.7 Å². The number of rotatable bonds is 8. The van der Waals surface area contributed by atoms with Crippen LogP contribution in [0.4, 0.5) is 11.4 Å². The number of para-hydroxylation sites is 1. The lowest BCUT2D eigenvalue weighted by atomic mass is 9.90. The predicted molar refractivity (Wildman–Crippen MR) is 127 cm³/mol.